The molecule has 280 valence electrons. The number of carboxylic acids is 1. The molecule has 19 heteroatoms. The SMILES string of the molecule is C.C=CCOC(=O)c1ccc2c(c1C)CC[C@@H]2NC(=O)c1cc(C(=O)O)nc2ncnn12.Cl.NCc1ccc2c(c1)CN(S(=O)(=O)C(F)(F)F)CC2. The molecular formula is C33H37ClF3N7O7S. The zero-order valence-corrected chi connectivity index (χ0v) is 28.6. The number of esters is 1. The van der Waals surface area contributed by atoms with Crippen molar-refractivity contribution in [2.75, 3.05) is 13.2 Å². The first kappa shape index (κ1) is 41.5. The van der Waals surface area contributed by atoms with Gasteiger partial charge in [-0.05, 0) is 65.6 Å². The molecule has 0 fully saturated rings. The van der Waals surface area contributed by atoms with Gasteiger partial charge >= 0.3 is 27.5 Å². The molecule has 2 aliphatic rings. The molecule has 52 heavy (non-hydrogen) atoms. The minimum absolute atomic E-state index is 0. The van der Waals surface area contributed by atoms with E-state index in [1.807, 2.05) is 13.0 Å². The van der Waals surface area contributed by atoms with Gasteiger partial charge in [-0.3, -0.25) is 4.79 Å². The first-order valence-corrected chi connectivity index (χ1v) is 16.6. The highest BCUT2D eigenvalue weighted by Crippen LogP contribution is 2.35. The van der Waals surface area contributed by atoms with Crippen molar-refractivity contribution in [2.24, 2.45) is 5.73 Å². The fourth-order valence-corrected chi connectivity index (χ4v) is 6.78. The molecule has 1 atom stereocenters. The van der Waals surface area contributed by atoms with Crippen LogP contribution in [0.25, 0.3) is 5.78 Å². The molecule has 0 bridgehead atoms. The van der Waals surface area contributed by atoms with Crippen LogP contribution >= 0.6 is 12.4 Å². The van der Waals surface area contributed by atoms with E-state index in [2.05, 4.69) is 27.0 Å². The van der Waals surface area contributed by atoms with Crippen LogP contribution < -0.4 is 11.1 Å². The molecule has 0 saturated carbocycles. The van der Waals surface area contributed by atoms with Gasteiger partial charge in [0, 0.05) is 25.7 Å². The number of aromatic nitrogens is 4. The Morgan fingerprint density at radius 3 is 2.54 bits per heavy atom. The average molecular weight is 768 g/mol. The molecule has 4 N–H and O–H groups in total. The number of carboxylic acid groups (broad SMARTS) is 1. The molecule has 1 amide bonds. The van der Waals surface area contributed by atoms with Crippen molar-refractivity contribution in [3.8, 4) is 0 Å². The normalized spacial score (nSPS) is 15.1. The van der Waals surface area contributed by atoms with Crippen LogP contribution in [0.15, 0.2) is 55.4 Å². The number of aromatic carboxylic acids is 1. The summed E-state index contributed by atoms with van der Waals surface area (Å²) < 4.78 is 67.0. The van der Waals surface area contributed by atoms with Crippen molar-refractivity contribution < 1.29 is 45.8 Å². The predicted octanol–water partition coefficient (Wildman–Crippen LogP) is 4.30. The Hall–Kier alpha value is -4.91. The Morgan fingerprint density at radius 1 is 1.15 bits per heavy atom. The van der Waals surface area contributed by atoms with Gasteiger partial charge in [-0.2, -0.15) is 32.1 Å². The summed E-state index contributed by atoms with van der Waals surface area (Å²) in [5, 5.41) is 16.2. The van der Waals surface area contributed by atoms with Crippen molar-refractivity contribution >= 4 is 46.1 Å². The van der Waals surface area contributed by atoms with Crippen molar-refractivity contribution in [1.82, 2.24) is 29.2 Å². The summed E-state index contributed by atoms with van der Waals surface area (Å²) in [7, 11) is -5.26. The quantitative estimate of drug-likeness (QED) is 0.171. The third-order valence-electron chi connectivity index (χ3n) is 8.37. The number of hydrogen-bond acceptors (Lipinski definition) is 10. The van der Waals surface area contributed by atoms with E-state index in [9.17, 15) is 41.1 Å². The number of amides is 1. The molecule has 6 rings (SSSR count). The molecule has 14 nitrogen and oxygen atoms in total. The van der Waals surface area contributed by atoms with Crippen LogP contribution in [0.3, 0.4) is 0 Å². The summed E-state index contributed by atoms with van der Waals surface area (Å²) >= 11 is 0. The van der Waals surface area contributed by atoms with Crippen LogP contribution in [0.2, 0.25) is 0 Å². The summed E-state index contributed by atoms with van der Waals surface area (Å²) in [5.41, 5.74) is 5.36. The molecule has 3 heterocycles. The van der Waals surface area contributed by atoms with Gasteiger partial charge in [-0.15, -0.1) is 12.4 Å². The molecule has 2 aromatic heterocycles. The number of rotatable bonds is 8. The lowest BCUT2D eigenvalue weighted by molar-refractivity contribution is -0.0492. The van der Waals surface area contributed by atoms with E-state index in [-0.39, 0.29) is 75.7 Å². The number of ether oxygens (including phenoxy) is 1. The van der Waals surface area contributed by atoms with Crippen LogP contribution in [-0.4, -0.2) is 73.9 Å². The first-order valence-electron chi connectivity index (χ1n) is 15.2. The maximum atomic E-state index is 13.0. The summed E-state index contributed by atoms with van der Waals surface area (Å²) in [4.78, 5) is 44.3. The van der Waals surface area contributed by atoms with Crippen molar-refractivity contribution in [2.45, 2.75) is 58.3 Å². The lowest BCUT2D eigenvalue weighted by atomic mass is 9.98. The Morgan fingerprint density at radius 2 is 1.88 bits per heavy atom. The van der Waals surface area contributed by atoms with Gasteiger partial charge in [0.2, 0.25) is 0 Å². The van der Waals surface area contributed by atoms with Gasteiger partial charge < -0.3 is 20.9 Å². The maximum absolute atomic E-state index is 13.0. The number of nitrogens with two attached hydrogens (primary N) is 1. The Kier molecular flexibility index (Phi) is 13.3. The highest BCUT2D eigenvalue weighted by atomic mass is 35.5. The summed E-state index contributed by atoms with van der Waals surface area (Å²) in [6.07, 6.45) is 4.31. The largest absolute Gasteiger partial charge is 0.511 e. The summed E-state index contributed by atoms with van der Waals surface area (Å²) in [6, 6.07) is 9.62. The van der Waals surface area contributed by atoms with Crippen LogP contribution in [0.4, 0.5) is 13.2 Å². The molecule has 4 aromatic rings. The third-order valence-corrected chi connectivity index (χ3v) is 9.95. The molecule has 0 spiro atoms. The monoisotopic (exact) mass is 767 g/mol. The summed E-state index contributed by atoms with van der Waals surface area (Å²) in [6.45, 7) is 5.37. The van der Waals surface area contributed by atoms with Gasteiger partial charge in [-0.1, -0.05) is 44.3 Å². The third kappa shape index (κ3) is 8.41. The Balaban J connectivity index is 0.000000300. The lowest BCUT2D eigenvalue weighted by Gasteiger charge is -2.28. The molecule has 0 radical (unpaired) electrons. The minimum Gasteiger partial charge on any atom is -0.477 e. The number of sulfonamides is 1. The fraction of sp³-hybridized carbons (Fsp3) is 0.333. The van der Waals surface area contributed by atoms with Gasteiger partial charge in [0.05, 0.1) is 11.6 Å². The van der Waals surface area contributed by atoms with Crippen LogP contribution in [0.1, 0.15) is 84.6 Å². The smallest absolute Gasteiger partial charge is 0.477 e. The number of fused-ring (bicyclic) bond motifs is 3. The molecule has 2 aromatic carbocycles. The van der Waals surface area contributed by atoms with E-state index >= 15 is 0 Å². The zero-order chi connectivity index (χ0) is 36.4. The molecule has 0 saturated heterocycles. The maximum Gasteiger partial charge on any atom is 0.511 e. The molecule has 0 unspecified atom stereocenters. The highest BCUT2D eigenvalue weighted by molar-refractivity contribution is 7.89. The van der Waals surface area contributed by atoms with E-state index in [0.29, 0.717) is 28.3 Å². The standard InChI is InChI=1S/C21H19N5O5.C11H13F3N2O2S.CH4.ClH/c1-3-8-31-20(30)13-4-5-14-12(11(13)2)6-7-15(14)24-18(27)17-9-16(19(28)29)25-21-22-10-23-26(17)21;12-11(13,14)19(17,18)16-4-3-9-2-1-8(6-15)5-10(9)7-16;;/h3-5,9-10,15H,1,6-8H2,2H3,(H,24,27)(H,28,29);1-2,5H,3-4,6-7,15H2;1H4;1H/t15-;;;/m0.../s1. The number of carbonyl (C=O) groups excluding carboxylic acids is 2. The Labute approximate surface area is 303 Å². The van der Waals surface area contributed by atoms with Crippen molar-refractivity contribution in [3.05, 3.63) is 106 Å². The number of carbonyl (C=O) groups is 3. The van der Waals surface area contributed by atoms with Gasteiger partial charge in [0.1, 0.15) is 18.6 Å². The van der Waals surface area contributed by atoms with Gasteiger partial charge in [-0.25, -0.2) is 23.0 Å². The van der Waals surface area contributed by atoms with E-state index in [1.165, 1.54) is 23.0 Å². The predicted molar refractivity (Wildman–Crippen MR) is 185 cm³/mol. The summed E-state index contributed by atoms with van der Waals surface area (Å²) in [5.74, 6) is -2.16. The van der Waals surface area contributed by atoms with Gasteiger partial charge in [0.15, 0.2) is 5.69 Å². The number of nitrogens with zero attached hydrogens (tertiary/aromatic N) is 5. The van der Waals surface area contributed by atoms with E-state index in [4.69, 9.17) is 10.5 Å². The van der Waals surface area contributed by atoms with E-state index in [0.717, 1.165) is 27.8 Å². The number of halogens is 4. The number of alkyl halides is 3. The zero-order valence-electron chi connectivity index (χ0n) is 27.0. The van der Waals surface area contributed by atoms with Crippen LogP contribution in [0.5, 0.6) is 0 Å². The molecule has 1 aliphatic carbocycles. The number of nitrogens with one attached hydrogen (secondary N) is 1. The lowest BCUT2D eigenvalue weighted by Crippen LogP contribution is -2.43. The highest BCUT2D eigenvalue weighted by Gasteiger charge is 2.50. The van der Waals surface area contributed by atoms with Gasteiger partial charge in [0.25, 0.3) is 11.7 Å². The topological polar surface area (TPSA) is 199 Å². The number of benzene rings is 2. The second-order valence-corrected chi connectivity index (χ2v) is 13.3. The van der Waals surface area contributed by atoms with E-state index < -0.39 is 33.4 Å². The second-order valence-electron chi connectivity index (χ2n) is 11.4. The van der Waals surface area contributed by atoms with Crippen LogP contribution in [-0.2, 0) is 40.7 Å². The minimum atomic E-state index is -5.26. The van der Waals surface area contributed by atoms with E-state index in [1.54, 1.807) is 24.3 Å². The Bertz CT molecular complexity index is 2110. The fourth-order valence-electron chi connectivity index (χ4n) is 5.84. The second kappa shape index (κ2) is 16.6. The van der Waals surface area contributed by atoms with Crippen molar-refractivity contribution in [1.29, 1.82) is 0 Å². The number of hydrogen-bond donors (Lipinski definition) is 3. The molecule has 1 aliphatic heterocycles. The van der Waals surface area contributed by atoms with Crippen LogP contribution in [0, 0.1) is 6.92 Å². The first-order chi connectivity index (χ1) is 23.7. The molecular weight excluding hydrogens is 731 g/mol. The van der Waals surface area contributed by atoms with Crippen molar-refractivity contribution in [3.63, 3.8) is 0 Å². The average Bonchev–Trinajstić information content (AvgIpc) is 3.73.